The highest BCUT2D eigenvalue weighted by Gasteiger charge is 2.41. The van der Waals surface area contributed by atoms with Gasteiger partial charge in [-0.3, -0.25) is 0 Å². The molecule has 0 radical (unpaired) electrons. The average molecular weight is 147 g/mol. The van der Waals surface area contributed by atoms with Gasteiger partial charge in [0.05, 0.1) is 6.07 Å². The summed E-state index contributed by atoms with van der Waals surface area (Å²) in [6.07, 6.45) is 6.72. The number of rotatable bonds is 1. The van der Waals surface area contributed by atoms with Crippen molar-refractivity contribution in [3.63, 3.8) is 0 Å². The van der Waals surface area contributed by atoms with Crippen LogP contribution in [-0.2, 0) is 0 Å². The number of fused-ring (bicyclic) bond motifs is 2. The first-order valence-corrected chi connectivity index (χ1v) is 4.38. The highest BCUT2D eigenvalue weighted by molar-refractivity contribution is 5.13. The Bertz CT molecular complexity index is 224. The fourth-order valence-corrected chi connectivity index (χ4v) is 2.61. The Morgan fingerprint density at radius 1 is 1.45 bits per heavy atom. The molecule has 4 unspecified atom stereocenters. The van der Waals surface area contributed by atoms with E-state index in [9.17, 15) is 0 Å². The van der Waals surface area contributed by atoms with E-state index >= 15 is 0 Å². The van der Waals surface area contributed by atoms with Crippen LogP contribution in [0.3, 0.4) is 0 Å². The largest absolute Gasteiger partial charge is 0.198 e. The molecule has 0 aliphatic heterocycles. The first-order valence-electron chi connectivity index (χ1n) is 4.38. The van der Waals surface area contributed by atoms with Crippen LogP contribution in [0.5, 0.6) is 0 Å². The van der Waals surface area contributed by atoms with Crippen molar-refractivity contribution in [3.8, 4) is 6.07 Å². The molecule has 0 aromatic rings. The van der Waals surface area contributed by atoms with Crippen LogP contribution in [0, 0.1) is 35.0 Å². The van der Waals surface area contributed by atoms with Gasteiger partial charge < -0.3 is 0 Å². The monoisotopic (exact) mass is 147 g/mol. The summed E-state index contributed by atoms with van der Waals surface area (Å²) in [5.41, 5.74) is 0. The van der Waals surface area contributed by atoms with Crippen molar-refractivity contribution in [3.05, 3.63) is 12.2 Å². The second-order valence-electron chi connectivity index (χ2n) is 3.83. The number of hydrogen-bond donors (Lipinski definition) is 0. The van der Waals surface area contributed by atoms with Crippen LogP contribution in [0.4, 0.5) is 0 Å². The maximum Gasteiger partial charge on any atom is 0.0624 e. The minimum Gasteiger partial charge on any atom is -0.198 e. The molecule has 2 bridgehead atoms. The second kappa shape index (κ2) is 2.37. The van der Waals surface area contributed by atoms with E-state index in [-0.39, 0.29) is 0 Å². The predicted molar refractivity (Wildman–Crippen MR) is 43.6 cm³/mol. The molecule has 0 aromatic heterocycles. The Labute approximate surface area is 67.7 Å². The summed E-state index contributed by atoms with van der Waals surface area (Å²) in [7, 11) is 0. The van der Waals surface area contributed by atoms with Crippen LogP contribution in [0.15, 0.2) is 12.2 Å². The van der Waals surface area contributed by atoms with Crippen molar-refractivity contribution in [2.75, 3.05) is 0 Å². The predicted octanol–water partition coefficient (Wildman–Crippen LogP) is 2.36. The minimum absolute atomic E-state index is 0.662. The third-order valence-corrected chi connectivity index (χ3v) is 3.38. The highest BCUT2D eigenvalue weighted by Crippen LogP contribution is 2.48. The molecule has 1 heteroatoms. The summed E-state index contributed by atoms with van der Waals surface area (Å²) < 4.78 is 0. The van der Waals surface area contributed by atoms with Crippen molar-refractivity contribution in [1.82, 2.24) is 0 Å². The zero-order chi connectivity index (χ0) is 7.84. The quantitative estimate of drug-likeness (QED) is 0.522. The summed E-state index contributed by atoms with van der Waals surface area (Å²) in [5.74, 6) is 2.94. The lowest BCUT2D eigenvalue weighted by molar-refractivity contribution is 0.341. The summed E-state index contributed by atoms with van der Waals surface area (Å²) in [4.78, 5) is 0. The van der Waals surface area contributed by atoms with Crippen molar-refractivity contribution in [2.24, 2.45) is 23.7 Å². The van der Waals surface area contributed by atoms with Gasteiger partial charge in [0, 0.05) is 6.42 Å². The normalized spacial score (nSPS) is 46.2. The van der Waals surface area contributed by atoms with Gasteiger partial charge in [-0.25, -0.2) is 0 Å². The van der Waals surface area contributed by atoms with Crippen molar-refractivity contribution >= 4 is 0 Å². The van der Waals surface area contributed by atoms with E-state index < -0.39 is 0 Å². The maximum absolute atomic E-state index is 8.60. The molecule has 11 heavy (non-hydrogen) atoms. The van der Waals surface area contributed by atoms with E-state index in [0.717, 1.165) is 24.2 Å². The second-order valence-corrected chi connectivity index (χ2v) is 3.83. The Morgan fingerprint density at radius 2 is 2.18 bits per heavy atom. The van der Waals surface area contributed by atoms with Gasteiger partial charge in [-0.05, 0) is 30.1 Å². The fourth-order valence-electron chi connectivity index (χ4n) is 2.61. The van der Waals surface area contributed by atoms with Crippen LogP contribution in [-0.4, -0.2) is 0 Å². The third kappa shape index (κ3) is 0.894. The molecule has 58 valence electrons. The van der Waals surface area contributed by atoms with Crippen LogP contribution >= 0.6 is 0 Å². The molecule has 0 N–H and O–H groups in total. The topological polar surface area (TPSA) is 23.8 Å². The minimum atomic E-state index is 0.662. The molecule has 4 atom stereocenters. The smallest absolute Gasteiger partial charge is 0.0624 e. The van der Waals surface area contributed by atoms with Crippen LogP contribution in [0.2, 0.25) is 0 Å². The van der Waals surface area contributed by atoms with Gasteiger partial charge in [0.2, 0.25) is 0 Å². The fraction of sp³-hybridized carbons (Fsp3) is 0.700. The van der Waals surface area contributed by atoms with Crippen molar-refractivity contribution in [1.29, 1.82) is 5.26 Å². The molecular formula is C10H13N. The van der Waals surface area contributed by atoms with E-state index in [2.05, 4.69) is 25.1 Å². The molecule has 0 saturated heterocycles. The molecule has 0 heterocycles. The summed E-state index contributed by atoms with van der Waals surface area (Å²) in [6, 6.07) is 2.29. The van der Waals surface area contributed by atoms with Crippen molar-refractivity contribution in [2.45, 2.75) is 19.8 Å². The number of allylic oxidation sites excluding steroid dienone is 2. The number of nitrogens with zero attached hydrogens (tertiary/aromatic N) is 1. The van der Waals surface area contributed by atoms with Crippen LogP contribution in [0.1, 0.15) is 19.8 Å². The zero-order valence-corrected chi connectivity index (χ0v) is 6.83. The molecule has 0 amide bonds. The van der Waals surface area contributed by atoms with E-state index in [1.807, 2.05) is 0 Å². The van der Waals surface area contributed by atoms with Gasteiger partial charge in [-0.1, -0.05) is 19.1 Å². The standard InChI is InChI=1S/C10H13N/c1-7-8-2-3-9(6-8)10(7)4-5-11/h2-3,7-10H,4,6H2,1H3. The van der Waals surface area contributed by atoms with Gasteiger partial charge >= 0.3 is 0 Å². The van der Waals surface area contributed by atoms with Gasteiger partial charge in [-0.2, -0.15) is 5.26 Å². The van der Waals surface area contributed by atoms with E-state index in [4.69, 9.17) is 5.26 Å². The van der Waals surface area contributed by atoms with E-state index in [1.54, 1.807) is 0 Å². The van der Waals surface area contributed by atoms with Crippen LogP contribution in [0.25, 0.3) is 0 Å². The molecule has 1 saturated carbocycles. The molecule has 2 aliphatic carbocycles. The Morgan fingerprint density at radius 3 is 2.73 bits per heavy atom. The molecule has 2 aliphatic rings. The Kier molecular flexibility index (Phi) is 1.49. The highest BCUT2D eigenvalue weighted by atomic mass is 14.5. The Balaban J connectivity index is 2.13. The molecule has 2 rings (SSSR count). The van der Waals surface area contributed by atoms with Gasteiger partial charge in [-0.15, -0.1) is 0 Å². The lowest BCUT2D eigenvalue weighted by atomic mass is 9.83. The lowest BCUT2D eigenvalue weighted by Crippen LogP contribution is -2.15. The van der Waals surface area contributed by atoms with Crippen molar-refractivity contribution < 1.29 is 0 Å². The van der Waals surface area contributed by atoms with Gasteiger partial charge in [0.15, 0.2) is 0 Å². The first kappa shape index (κ1) is 6.91. The summed E-state index contributed by atoms with van der Waals surface area (Å²) in [6.45, 7) is 2.29. The SMILES string of the molecule is CC1C2C=CC(C2)C1CC#N. The molecule has 0 aromatic carbocycles. The van der Waals surface area contributed by atoms with E-state index in [1.165, 1.54) is 6.42 Å². The Hall–Kier alpha value is -0.770. The van der Waals surface area contributed by atoms with Gasteiger partial charge in [0.1, 0.15) is 0 Å². The van der Waals surface area contributed by atoms with Crippen LogP contribution < -0.4 is 0 Å². The van der Waals surface area contributed by atoms with E-state index in [0.29, 0.717) is 5.92 Å². The zero-order valence-electron chi connectivity index (χ0n) is 6.83. The summed E-state index contributed by atoms with van der Waals surface area (Å²) >= 11 is 0. The molecule has 1 nitrogen and oxygen atoms in total. The maximum atomic E-state index is 8.60. The molecule has 1 fully saturated rings. The first-order chi connectivity index (χ1) is 5.33. The van der Waals surface area contributed by atoms with Gasteiger partial charge in [0.25, 0.3) is 0 Å². The summed E-state index contributed by atoms with van der Waals surface area (Å²) in [5, 5.41) is 8.60. The molecular weight excluding hydrogens is 134 g/mol. The average Bonchev–Trinajstić information content (AvgIpc) is 2.54. The number of nitriles is 1. The number of hydrogen-bond acceptors (Lipinski definition) is 1. The third-order valence-electron chi connectivity index (χ3n) is 3.38. The molecule has 0 spiro atoms. The lowest BCUT2D eigenvalue weighted by Gasteiger charge is -2.21.